The van der Waals surface area contributed by atoms with Crippen molar-refractivity contribution in [1.82, 2.24) is 14.5 Å². The molecular formula is C18H16BrN3O2S. The van der Waals surface area contributed by atoms with Crippen LogP contribution in [0.5, 0.6) is 0 Å². The van der Waals surface area contributed by atoms with Crippen LogP contribution >= 0.6 is 27.3 Å². The third-order valence-corrected chi connectivity index (χ3v) is 5.56. The number of carbonyl (C=O) groups is 1. The summed E-state index contributed by atoms with van der Waals surface area (Å²) in [4.78, 5) is 31.7. The van der Waals surface area contributed by atoms with Crippen molar-refractivity contribution in [3.05, 3.63) is 61.7 Å². The molecule has 25 heavy (non-hydrogen) atoms. The summed E-state index contributed by atoms with van der Waals surface area (Å²) >= 11 is 5.00. The maximum absolute atomic E-state index is 12.8. The van der Waals surface area contributed by atoms with Crippen molar-refractivity contribution in [2.75, 3.05) is 0 Å². The molecule has 3 aromatic rings. The Balaban J connectivity index is 1.60. The molecule has 128 valence electrons. The normalized spacial score (nSPS) is 14.0. The average Bonchev–Trinajstić information content (AvgIpc) is 3.31. The fourth-order valence-electron chi connectivity index (χ4n) is 2.87. The molecule has 0 spiro atoms. The molecule has 1 saturated carbocycles. The lowest BCUT2D eigenvalue weighted by molar-refractivity contribution is -0.133. The second-order valence-electron chi connectivity index (χ2n) is 6.22. The topological polar surface area (TPSA) is 55.2 Å². The minimum Gasteiger partial charge on any atom is -0.334 e. The standard InChI is InChI=1S/C18H16BrN3O2S/c19-13-1-4-16-15(7-13)18(24)21(11-20-16)9-17(23)22(14-2-3-14)8-12-5-6-25-10-12/h1,4-7,10-11,14H,2-3,8-9H2. The molecule has 1 aliphatic carbocycles. The Morgan fingerprint density at radius 2 is 2.20 bits per heavy atom. The molecule has 1 aromatic carbocycles. The fourth-order valence-corrected chi connectivity index (χ4v) is 3.89. The van der Waals surface area contributed by atoms with E-state index in [1.54, 1.807) is 23.5 Å². The zero-order valence-electron chi connectivity index (χ0n) is 13.4. The Morgan fingerprint density at radius 1 is 1.36 bits per heavy atom. The number of benzene rings is 1. The highest BCUT2D eigenvalue weighted by molar-refractivity contribution is 9.10. The first-order chi connectivity index (χ1) is 12.1. The molecule has 1 aliphatic rings. The molecule has 0 saturated heterocycles. The number of hydrogen-bond donors (Lipinski definition) is 0. The van der Waals surface area contributed by atoms with Crippen LogP contribution in [0.25, 0.3) is 10.9 Å². The van der Waals surface area contributed by atoms with E-state index in [0.717, 1.165) is 22.9 Å². The summed E-state index contributed by atoms with van der Waals surface area (Å²) in [5, 5.41) is 4.59. The SMILES string of the molecule is O=C(Cn1cnc2ccc(Br)cc2c1=O)N(Cc1ccsc1)C1CC1. The number of halogens is 1. The largest absolute Gasteiger partial charge is 0.334 e. The first-order valence-corrected chi connectivity index (χ1v) is 9.80. The van der Waals surface area contributed by atoms with Gasteiger partial charge in [0.25, 0.3) is 5.56 Å². The van der Waals surface area contributed by atoms with Crippen molar-refractivity contribution >= 4 is 44.1 Å². The molecule has 2 aromatic heterocycles. The summed E-state index contributed by atoms with van der Waals surface area (Å²) in [5.74, 6) is -0.0352. The van der Waals surface area contributed by atoms with Gasteiger partial charge < -0.3 is 4.90 Å². The number of carbonyl (C=O) groups excluding carboxylic acids is 1. The first kappa shape index (κ1) is 16.5. The van der Waals surface area contributed by atoms with Gasteiger partial charge in [-0.25, -0.2) is 4.98 Å². The molecule has 0 N–H and O–H groups in total. The van der Waals surface area contributed by atoms with Crippen molar-refractivity contribution in [2.24, 2.45) is 0 Å². The number of fused-ring (bicyclic) bond motifs is 1. The van der Waals surface area contributed by atoms with Crippen molar-refractivity contribution in [1.29, 1.82) is 0 Å². The first-order valence-electron chi connectivity index (χ1n) is 8.07. The van der Waals surface area contributed by atoms with Crippen molar-refractivity contribution in [3.8, 4) is 0 Å². The van der Waals surface area contributed by atoms with Crippen LogP contribution in [0, 0.1) is 0 Å². The second-order valence-corrected chi connectivity index (χ2v) is 7.92. The summed E-state index contributed by atoms with van der Waals surface area (Å²) in [6, 6.07) is 7.72. The van der Waals surface area contributed by atoms with E-state index in [9.17, 15) is 9.59 Å². The summed E-state index contributed by atoms with van der Waals surface area (Å²) in [6.45, 7) is 0.628. The zero-order valence-corrected chi connectivity index (χ0v) is 15.8. The van der Waals surface area contributed by atoms with Gasteiger partial charge in [0, 0.05) is 17.1 Å². The van der Waals surface area contributed by atoms with E-state index in [4.69, 9.17) is 0 Å². The van der Waals surface area contributed by atoms with Gasteiger partial charge in [-0.05, 0) is 53.4 Å². The van der Waals surface area contributed by atoms with Crippen LogP contribution in [0.4, 0.5) is 0 Å². The minimum absolute atomic E-state index is 0.0227. The lowest BCUT2D eigenvalue weighted by Gasteiger charge is -2.22. The minimum atomic E-state index is -0.189. The van der Waals surface area contributed by atoms with E-state index in [-0.39, 0.29) is 18.0 Å². The van der Waals surface area contributed by atoms with Crippen molar-refractivity contribution < 1.29 is 4.79 Å². The molecule has 0 bridgehead atoms. The van der Waals surface area contributed by atoms with Crippen LogP contribution in [0.15, 0.2) is 50.6 Å². The fraction of sp³-hybridized carbons (Fsp3) is 0.278. The smallest absolute Gasteiger partial charge is 0.261 e. The second kappa shape index (κ2) is 6.72. The van der Waals surface area contributed by atoms with E-state index in [1.807, 2.05) is 22.4 Å². The van der Waals surface area contributed by atoms with Crippen LogP contribution in [-0.4, -0.2) is 26.4 Å². The van der Waals surface area contributed by atoms with Crippen LogP contribution < -0.4 is 5.56 Å². The summed E-state index contributed by atoms with van der Waals surface area (Å²) in [5.41, 5.74) is 1.58. The molecule has 2 heterocycles. The summed E-state index contributed by atoms with van der Waals surface area (Å²) < 4.78 is 2.22. The third-order valence-electron chi connectivity index (χ3n) is 4.33. The number of nitrogens with zero attached hydrogens (tertiary/aromatic N) is 3. The highest BCUT2D eigenvalue weighted by Gasteiger charge is 2.32. The molecule has 0 atom stereocenters. The quantitative estimate of drug-likeness (QED) is 0.638. The zero-order chi connectivity index (χ0) is 17.4. The average molecular weight is 418 g/mol. The summed E-state index contributed by atoms with van der Waals surface area (Å²) in [6.07, 6.45) is 3.54. The monoisotopic (exact) mass is 417 g/mol. The Labute approximate surface area is 157 Å². The van der Waals surface area contributed by atoms with E-state index >= 15 is 0 Å². The van der Waals surface area contributed by atoms with Crippen LogP contribution in [0.2, 0.25) is 0 Å². The molecular weight excluding hydrogens is 402 g/mol. The van der Waals surface area contributed by atoms with Gasteiger partial charge in [0.2, 0.25) is 5.91 Å². The number of hydrogen-bond acceptors (Lipinski definition) is 4. The van der Waals surface area contributed by atoms with E-state index < -0.39 is 0 Å². The molecule has 0 aliphatic heterocycles. The van der Waals surface area contributed by atoms with Gasteiger partial charge in [-0.2, -0.15) is 11.3 Å². The van der Waals surface area contributed by atoms with E-state index in [0.29, 0.717) is 23.5 Å². The highest BCUT2D eigenvalue weighted by Crippen LogP contribution is 2.29. The Kier molecular flexibility index (Phi) is 4.43. The number of amides is 1. The molecule has 0 unspecified atom stereocenters. The highest BCUT2D eigenvalue weighted by atomic mass is 79.9. The molecule has 7 heteroatoms. The lowest BCUT2D eigenvalue weighted by atomic mass is 10.2. The van der Waals surface area contributed by atoms with Crippen LogP contribution in [0.3, 0.4) is 0 Å². The van der Waals surface area contributed by atoms with Gasteiger partial charge in [-0.15, -0.1) is 0 Å². The number of thiophene rings is 1. The van der Waals surface area contributed by atoms with Gasteiger partial charge in [0.05, 0.1) is 17.2 Å². The number of rotatable bonds is 5. The maximum Gasteiger partial charge on any atom is 0.261 e. The summed E-state index contributed by atoms with van der Waals surface area (Å²) in [7, 11) is 0. The Bertz CT molecular complexity index is 980. The molecule has 4 rings (SSSR count). The molecule has 1 amide bonds. The Hall–Kier alpha value is -1.99. The van der Waals surface area contributed by atoms with Gasteiger partial charge >= 0.3 is 0 Å². The maximum atomic E-state index is 12.8. The molecule has 0 radical (unpaired) electrons. The van der Waals surface area contributed by atoms with Crippen LogP contribution in [-0.2, 0) is 17.9 Å². The van der Waals surface area contributed by atoms with Crippen molar-refractivity contribution in [2.45, 2.75) is 32.0 Å². The molecule has 1 fully saturated rings. The van der Waals surface area contributed by atoms with E-state index in [1.165, 1.54) is 10.9 Å². The van der Waals surface area contributed by atoms with Gasteiger partial charge in [0.15, 0.2) is 0 Å². The number of aromatic nitrogens is 2. The molecule has 5 nitrogen and oxygen atoms in total. The van der Waals surface area contributed by atoms with Gasteiger partial charge in [-0.1, -0.05) is 15.9 Å². The predicted octanol–water partition coefficient (Wildman–Crippen LogP) is 3.41. The van der Waals surface area contributed by atoms with Gasteiger partial charge in [-0.3, -0.25) is 14.2 Å². The Morgan fingerprint density at radius 3 is 2.92 bits per heavy atom. The van der Waals surface area contributed by atoms with Crippen LogP contribution in [0.1, 0.15) is 18.4 Å². The van der Waals surface area contributed by atoms with Crippen molar-refractivity contribution in [3.63, 3.8) is 0 Å². The van der Waals surface area contributed by atoms with E-state index in [2.05, 4.69) is 26.3 Å². The predicted molar refractivity (Wildman–Crippen MR) is 102 cm³/mol. The lowest BCUT2D eigenvalue weighted by Crippen LogP contribution is -2.37. The third kappa shape index (κ3) is 3.52. The van der Waals surface area contributed by atoms with Gasteiger partial charge in [0.1, 0.15) is 6.54 Å².